The van der Waals surface area contributed by atoms with Gasteiger partial charge in [-0.3, -0.25) is 10.1 Å². The number of nitrogens with one attached hydrogen (secondary N) is 1. The lowest BCUT2D eigenvalue weighted by Crippen LogP contribution is -2.18. The largest absolute Gasteiger partial charge is 0.497 e. The number of rotatable bonds is 6. The molecule has 0 unspecified atom stereocenters. The number of nitrogens with zero attached hydrogens (tertiary/aromatic N) is 1. The summed E-state index contributed by atoms with van der Waals surface area (Å²) in [6, 6.07) is 4.75. The molecule has 1 aromatic carbocycles. The lowest BCUT2D eigenvalue weighted by Gasteiger charge is -2.14. The third kappa shape index (κ3) is 2.69. The van der Waals surface area contributed by atoms with Gasteiger partial charge in [0, 0.05) is 23.4 Å². The molecule has 0 amide bonds. The molecule has 0 saturated heterocycles. The Morgan fingerprint density at radius 2 is 2.28 bits per heavy atom. The monoisotopic (exact) mass is 268 g/mol. The van der Waals surface area contributed by atoms with Crippen molar-refractivity contribution >= 4 is 23.1 Å². The van der Waals surface area contributed by atoms with Crippen molar-refractivity contribution in [2.75, 3.05) is 25.2 Å². The Balaban J connectivity index is 2.16. The lowest BCUT2D eigenvalue weighted by atomic mass is 10.2. The van der Waals surface area contributed by atoms with Gasteiger partial charge in [-0.1, -0.05) is 0 Å². The van der Waals surface area contributed by atoms with Gasteiger partial charge >= 0.3 is 0 Å². The Hall–Kier alpha value is -1.43. The van der Waals surface area contributed by atoms with Gasteiger partial charge in [-0.05, 0) is 25.2 Å². The molecule has 1 aliphatic rings. The molecule has 0 bridgehead atoms. The summed E-state index contributed by atoms with van der Waals surface area (Å²) in [4.78, 5) is 10.6. The van der Waals surface area contributed by atoms with Crippen LogP contribution < -0.4 is 10.1 Å². The zero-order valence-corrected chi connectivity index (χ0v) is 11.3. The molecule has 6 heteroatoms. The summed E-state index contributed by atoms with van der Waals surface area (Å²) in [5, 5.41) is 14.1. The minimum atomic E-state index is -0.375. The second kappa shape index (κ2) is 5.06. The molecular weight excluding hydrogens is 252 g/mol. The number of nitro benzene ring substituents is 1. The maximum absolute atomic E-state index is 11.0. The molecule has 1 aromatic rings. The molecule has 1 N–H and O–H groups in total. The van der Waals surface area contributed by atoms with E-state index in [1.165, 1.54) is 18.9 Å². The van der Waals surface area contributed by atoms with Crippen LogP contribution in [-0.2, 0) is 0 Å². The molecule has 0 radical (unpaired) electrons. The first-order valence-corrected chi connectivity index (χ1v) is 6.94. The van der Waals surface area contributed by atoms with Crippen molar-refractivity contribution in [3.05, 3.63) is 28.3 Å². The molecule has 2 rings (SSSR count). The van der Waals surface area contributed by atoms with E-state index in [9.17, 15) is 10.1 Å². The fraction of sp³-hybridized carbons (Fsp3) is 0.500. The maximum Gasteiger partial charge on any atom is 0.292 e. The van der Waals surface area contributed by atoms with Gasteiger partial charge < -0.3 is 10.1 Å². The van der Waals surface area contributed by atoms with Crippen LogP contribution in [0.4, 0.5) is 11.4 Å². The Kier molecular flexibility index (Phi) is 3.65. The highest BCUT2D eigenvalue weighted by molar-refractivity contribution is 8.00. The van der Waals surface area contributed by atoms with E-state index in [2.05, 4.69) is 11.6 Å². The highest BCUT2D eigenvalue weighted by atomic mass is 32.2. The summed E-state index contributed by atoms with van der Waals surface area (Å²) in [5.41, 5.74) is 0.618. The van der Waals surface area contributed by atoms with Gasteiger partial charge in [0.25, 0.3) is 5.69 Å². The molecule has 18 heavy (non-hydrogen) atoms. The van der Waals surface area contributed by atoms with E-state index in [4.69, 9.17) is 4.74 Å². The fourth-order valence-corrected chi connectivity index (χ4v) is 2.52. The standard InChI is InChI=1S/C12H16N2O3S/c1-17-9-3-4-11(14(15)16)10(7-9)13-8-12(18-2)5-6-12/h3-4,7,13H,5-6,8H2,1-2H3. The quantitative estimate of drug-likeness (QED) is 0.635. The molecule has 0 atom stereocenters. The van der Waals surface area contributed by atoms with Crippen LogP contribution in [0.25, 0.3) is 0 Å². The summed E-state index contributed by atoms with van der Waals surface area (Å²) in [7, 11) is 1.55. The summed E-state index contributed by atoms with van der Waals surface area (Å²) in [5.74, 6) is 0.622. The third-order valence-corrected chi connectivity index (χ3v) is 4.66. The van der Waals surface area contributed by atoms with E-state index in [-0.39, 0.29) is 15.4 Å². The van der Waals surface area contributed by atoms with Crippen molar-refractivity contribution in [3.8, 4) is 5.75 Å². The van der Waals surface area contributed by atoms with Crippen LogP contribution in [0, 0.1) is 10.1 Å². The number of anilines is 1. The van der Waals surface area contributed by atoms with Crippen molar-refractivity contribution in [2.45, 2.75) is 17.6 Å². The van der Waals surface area contributed by atoms with Crippen LogP contribution in [0.5, 0.6) is 5.75 Å². The average Bonchev–Trinajstić information content (AvgIpc) is 3.16. The van der Waals surface area contributed by atoms with Gasteiger partial charge in [-0.25, -0.2) is 0 Å². The average molecular weight is 268 g/mol. The van der Waals surface area contributed by atoms with E-state index >= 15 is 0 Å². The van der Waals surface area contributed by atoms with Gasteiger partial charge in [0.1, 0.15) is 11.4 Å². The molecule has 0 aliphatic heterocycles. The van der Waals surface area contributed by atoms with Crippen molar-refractivity contribution in [3.63, 3.8) is 0 Å². The second-order valence-corrected chi connectivity index (χ2v) is 5.66. The minimum Gasteiger partial charge on any atom is -0.497 e. The van der Waals surface area contributed by atoms with Crippen LogP contribution in [0.2, 0.25) is 0 Å². The van der Waals surface area contributed by atoms with Gasteiger partial charge in [-0.15, -0.1) is 0 Å². The Bertz CT molecular complexity index is 461. The van der Waals surface area contributed by atoms with Crippen LogP contribution in [-0.4, -0.2) is 29.6 Å². The van der Waals surface area contributed by atoms with E-state index in [0.29, 0.717) is 11.4 Å². The Morgan fingerprint density at radius 1 is 1.56 bits per heavy atom. The van der Waals surface area contributed by atoms with Gasteiger partial charge in [0.15, 0.2) is 0 Å². The lowest BCUT2D eigenvalue weighted by molar-refractivity contribution is -0.384. The maximum atomic E-state index is 11.0. The van der Waals surface area contributed by atoms with Gasteiger partial charge in [-0.2, -0.15) is 11.8 Å². The number of hydrogen-bond acceptors (Lipinski definition) is 5. The van der Waals surface area contributed by atoms with Crippen LogP contribution in [0.15, 0.2) is 18.2 Å². The number of hydrogen-bond donors (Lipinski definition) is 1. The summed E-state index contributed by atoms with van der Waals surface area (Å²) < 4.78 is 5.36. The SMILES string of the molecule is COc1ccc([N+](=O)[O-])c(NCC2(SC)CC2)c1. The smallest absolute Gasteiger partial charge is 0.292 e. The van der Waals surface area contributed by atoms with Crippen molar-refractivity contribution < 1.29 is 9.66 Å². The summed E-state index contributed by atoms with van der Waals surface area (Å²) >= 11 is 1.82. The first-order valence-electron chi connectivity index (χ1n) is 5.72. The molecule has 1 fully saturated rings. The Morgan fingerprint density at radius 3 is 2.78 bits per heavy atom. The predicted molar refractivity (Wildman–Crippen MR) is 73.6 cm³/mol. The highest BCUT2D eigenvalue weighted by Crippen LogP contribution is 2.47. The van der Waals surface area contributed by atoms with Crippen LogP contribution >= 0.6 is 11.8 Å². The molecule has 0 heterocycles. The van der Waals surface area contributed by atoms with Crippen molar-refractivity contribution in [2.24, 2.45) is 0 Å². The normalized spacial score (nSPS) is 16.1. The zero-order chi connectivity index (χ0) is 13.2. The Labute approximate surface area is 110 Å². The number of nitro groups is 1. The molecule has 98 valence electrons. The number of benzene rings is 1. The van der Waals surface area contributed by atoms with E-state index < -0.39 is 0 Å². The predicted octanol–water partition coefficient (Wildman–Crippen LogP) is 2.91. The molecule has 1 aliphatic carbocycles. The molecule has 1 saturated carbocycles. The topological polar surface area (TPSA) is 64.4 Å². The fourth-order valence-electron chi connectivity index (χ4n) is 1.79. The number of thioether (sulfide) groups is 1. The van der Waals surface area contributed by atoms with Gasteiger partial charge in [0.05, 0.1) is 12.0 Å². The minimum absolute atomic E-state index is 0.0905. The van der Waals surface area contributed by atoms with Crippen molar-refractivity contribution in [1.82, 2.24) is 0 Å². The first-order chi connectivity index (χ1) is 8.60. The first kappa shape index (κ1) is 13.0. The zero-order valence-electron chi connectivity index (χ0n) is 10.4. The highest BCUT2D eigenvalue weighted by Gasteiger charge is 2.41. The van der Waals surface area contributed by atoms with E-state index in [1.807, 2.05) is 11.8 Å². The van der Waals surface area contributed by atoms with Crippen LogP contribution in [0.3, 0.4) is 0 Å². The van der Waals surface area contributed by atoms with E-state index in [1.54, 1.807) is 19.2 Å². The molecule has 0 aromatic heterocycles. The summed E-state index contributed by atoms with van der Waals surface area (Å²) in [6.07, 6.45) is 4.41. The molecular formula is C12H16N2O3S. The van der Waals surface area contributed by atoms with Gasteiger partial charge in [0.2, 0.25) is 0 Å². The van der Waals surface area contributed by atoms with Crippen LogP contribution in [0.1, 0.15) is 12.8 Å². The van der Waals surface area contributed by atoms with E-state index in [0.717, 1.165) is 6.54 Å². The molecule has 0 spiro atoms. The molecule has 5 nitrogen and oxygen atoms in total. The third-order valence-electron chi connectivity index (χ3n) is 3.24. The van der Waals surface area contributed by atoms with Crippen molar-refractivity contribution in [1.29, 1.82) is 0 Å². The number of ether oxygens (including phenoxy) is 1. The summed E-state index contributed by atoms with van der Waals surface area (Å²) in [6.45, 7) is 0.752. The number of methoxy groups -OCH3 is 1. The second-order valence-electron chi connectivity index (χ2n) is 4.38.